The summed E-state index contributed by atoms with van der Waals surface area (Å²) >= 11 is 5.63. The van der Waals surface area contributed by atoms with Crippen LogP contribution < -0.4 is 10.6 Å². The second-order valence-electron chi connectivity index (χ2n) is 4.01. The van der Waals surface area contributed by atoms with Crippen molar-refractivity contribution < 1.29 is 18.0 Å². The number of rotatable bonds is 3. The molecule has 0 spiro atoms. The van der Waals surface area contributed by atoms with E-state index in [1.54, 1.807) is 0 Å². The zero-order chi connectivity index (χ0) is 16.3. The molecular formula is C12H9ClF3N5O. The highest BCUT2D eigenvalue weighted by molar-refractivity contribution is 6.29. The molecule has 0 aliphatic rings. The van der Waals surface area contributed by atoms with Gasteiger partial charge in [0.15, 0.2) is 11.5 Å². The van der Waals surface area contributed by atoms with Crippen LogP contribution in [0.1, 0.15) is 16.1 Å². The van der Waals surface area contributed by atoms with Crippen LogP contribution in [0.3, 0.4) is 0 Å². The number of pyridine rings is 1. The predicted octanol–water partition coefficient (Wildman–Crippen LogP) is 2.65. The van der Waals surface area contributed by atoms with Gasteiger partial charge in [-0.25, -0.2) is 15.0 Å². The Morgan fingerprint density at radius 2 is 1.91 bits per heavy atom. The minimum absolute atomic E-state index is 0.130. The maximum absolute atomic E-state index is 13.0. The van der Waals surface area contributed by atoms with Crippen LogP contribution >= 0.6 is 11.6 Å². The Kier molecular flexibility index (Phi) is 4.45. The molecule has 22 heavy (non-hydrogen) atoms. The summed E-state index contributed by atoms with van der Waals surface area (Å²) in [6.07, 6.45) is -1.55. The fourth-order valence-electron chi connectivity index (χ4n) is 1.60. The number of nitrogens with zero attached hydrogens (tertiary/aromatic N) is 3. The van der Waals surface area contributed by atoms with Crippen LogP contribution in [0.25, 0.3) is 0 Å². The molecule has 0 aliphatic carbocycles. The Bertz CT molecular complexity index is 707. The van der Waals surface area contributed by atoms with Gasteiger partial charge in [0, 0.05) is 25.6 Å². The highest BCUT2D eigenvalue weighted by atomic mass is 35.5. The van der Waals surface area contributed by atoms with Gasteiger partial charge in [-0.05, 0) is 6.07 Å². The summed E-state index contributed by atoms with van der Waals surface area (Å²) in [7, 11) is 1.37. The Morgan fingerprint density at radius 3 is 2.55 bits per heavy atom. The standard InChI is InChI=1S/C12H9ClF3N5O/c1-17-11(22)9-10(19-3-2-18-9)21-7-4-8(13)20-5-6(7)12(14,15)16/h2-5H,1H3,(H,17,22)(H,19,20,21). The summed E-state index contributed by atoms with van der Waals surface area (Å²) in [5.74, 6) is -0.723. The molecule has 0 bridgehead atoms. The van der Waals surface area contributed by atoms with Crippen molar-refractivity contribution in [2.75, 3.05) is 12.4 Å². The molecule has 0 saturated carbocycles. The number of halogens is 4. The van der Waals surface area contributed by atoms with Crippen LogP contribution in [0, 0.1) is 0 Å². The molecule has 2 heterocycles. The number of anilines is 2. The van der Waals surface area contributed by atoms with Crippen molar-refractivity contribution in [1.82, 2.24) is 20.3 Å². The van der Waals surface area contributed by atoms with Gasteiger partial charge in [-0.2, -0.15) is 13.2 Å². The lowest BCUT2D eigenvalue weighted by Gasteiger charge is -2.15. The third-order valence-corrected chi connectivity index (χ3v) is 2.78. The fourth-order valence-corrected chi connectivity index (χ4v) is 1.76. The van der Waals surface area contributed by atoms with E-state index in [0.717, 1.165) is 6.07 Å². The quantitative estimate of drug-likeness (QED) is 0.845. The topological polar surface area (TPSA) is 79.8 Å². The van der Waals surface area contributed by atoms with Gasteiger partial charge >= 0.3 is 6.18 Å². The SMILES string of the molecule is CNC(=O)c1nccnc1Nc1cc(Cl)ncc1C(F)(F)F. The molecule has 0 fully saturated rings. The lowest BCUT2D eigenvalue weighted by atomic mass is 10.2. The summed E-state index contributed by atoms with van der Waals surface area (Å²) in [4.78, 5) is 22.7. The summed E-state index contributed by atoms with van der Waals surface area (Å²) < 4.78 is 38.9. The number of carbonyl (C=O) groups is 1. The van der Waals surface area contributed by atoms with E-state index >= 15 is 0 Å². The van der Waals surface area contributed by atoms with Crippen molar-refractivity contribution in [3.8, 4) is 0 Å². The number of amides is 1. The monoisotopic (exact) mass is 331 g/mol. The average molecular weight is 332 g/mol. The zero-order valence-electron chi connectivity index (χ0n) is 11.1. The molecule has 6 nitrogen and oxygen atoms in total. The molecular weight excluding hydrogens is 323 g/mol. The van der Waals surface area contributed by atoms with Crippen molar-refractivity contribution >= 4 is 29.0 Å². The lowest BCUT2D eigenvalue weighted by Crippen LogP contribution is -2.21. The number of aromatic nitrogens is 3. The van der Waals surface area contributed by atoms with E-state index in [1.165, 1.54) is 19.4 Å². The van der Waals surface area contributed by atoms with E-state index in [9.17, 15) is 18.0 Å². The van der Waals surface area contributed by atoms with E-state index in [2.05, 4.69) is 25.6 Å². The first-order chi connectivity index (χ1) is 10.3. The number of hydrogen-bond acceptors (Lipinski definition) is 5. The van der Waals surface area contributed by atoms with Gasteiger partial charge in [-0.3, -0.25) is 4.79 Å². The van der Waals surface area contributed by atoms with E-state index in [-0.39, 0.29) is 22.4 Å². The minimum atomic E-state index is -4.64. The number of carbonyl (C=O) groups excluding carboxylic acids is 1. The van der Waals surface area contributed by atoms with Crippen LogP contribution in [-0.4, -0.2) is 27.9 Å². The maximum atomic E-state index is 13.0. The van der Waals surface area contributed by atoms with Gasteiger partial charge in [0.25, 0.3) is 5.91 Å². The molecule has 0 unspecified atom stereocenters. The first kappa shape index (κ1) is 16.0. The Labute approximate surface area is 127 Å². The molecule has 2 N–H and O–H groups in total. The number of hydrogen-bond donors (Lipinski definition) is 2. The molecule has 0 aromatic carbocycles. The average Bonchev–Trinajstić information content (AvgIpc) is 2.46. The lowest BCUT2D eigenvalue weighted by molar-refractivity contribution is -0.137. The maximum Gasteiger partial charge on any atom is 0.419 e. The first-order valence-electron chi connectivity index (χ1n) is 5.85. The molecule has 0 atom stereocenters. The van der Waals surface area contributed by atoms with E-state index in [1.807, 2.05) is 0 Å². The smallest absolute Gasteiger partial charge is 0.354 e. The van der Waals surface area contributed by atoms with Gasteiger partial charge in [-0.1, -0.05) is 11.6 Å². The molecule has 0 radical (unpaired) electrons. The zero-order valence-corrected chi connectivity index (χ0v) is 11.8. The molecule has 2 rings (SSSR count). The van der Waals surface area contributed by atoms with Crippen molar-refractivity contribution in [3.63, 3.8) is 0 Å². The highest BCUT2D eigenvalue weighted by Gasteiger charge is 2.34. The van der Waals surface area contributed by atoms with Crippen molar-refractivity contribution in [1.29, 1.82) is 0 Å². The predicted molar refractivity (Wildman–Crippen MR) is 73.0 cm³/mol. The third kappa shape index (κ3) is 3.42. The molecule has 0 aliphatic heterocycles. The minimum Gasteiger partial charge on any atom is -0.354 e. The molecule has 0 saturated heterocycles. The van der Waals surface area contributed by atoms with Gasteiger partial charge < -0.3 is 10.6 Å². The van der Waals surface area contributed by atoms with Crippen LogP contribution in [-0.2, 0) is 6.18 Å². The van der Waals surface area contributed by atoms with E-state index < -0.39 is 17.6 Å². The Balaban J connectivity index is 2.48. The summed E-state index contributed by atoms with van der Waals surface area (Å²) in [5.41, 5.74) is -1.56. The summed E-state index contributed by atoms with van der Waals surface area (Å²) in [6.45, 7) is 0. The molecule has 2 aromatic heterocycles. The van der Waals surface area contributed by atoms with Crippen molar-refractivity contribution in [2.24, 2.45) is 0 Å². The number of alkyl halides is 3. The van der Waals surface area contributed by atoms with E-state index in [4.69, 9.17) is 11.6 Å². The van der Waals surface area contributed by atoms with E-state index in [0.29, 0.717) is 6.20 Å². The summed E-state index contributed by atoms with van der Waals surface area (Å²) in [5, 5.41) is 4.61. The van der Waals surface area contributed by atoms with Gasteiger partial charge in [0.05, 0.1) is 11.3 Å². The Hall–Kier alpha value is -2.42. The van der Waals surface area contributed by atoms with Crippen LogP contribution in [0.5, 0.6) is 0 Å². The molecule has 10 heteroatoms. The fraction of sp³-hybridized carbons (Fsp3) is 0.167. The largest absolute Gasteiger partial charge is 0.419 e. The molecule has 2 aromatic rings. The van der Waals surface area contributed by atoms with Crippen LogP contribution in [0.15, 0.2) is 24.7 Å². The third-order valence-electron chi connectivity index (χ3n) is 2.57. The molecule has 1 amide bonds. The van der Waals surface area contributed by atoms with Crippen LogP contribution in [0.2, 0.25) is 5.15 Å². The Morgan fingerprint density at radius 1 is 1.23 bits per heavy atom. The van der Waals surface area contributed by atoms with Gasteiger partial charge in [0.1, 0.15) is 5.15 Å². The van der Waals surface area contributed by atoms with Gasteiger partial charge in [0.2, 0.25) is 0 Å². The second-order valence-corrected chi connectivity index (χ2v) is 4.40. The second kappa shape index (κ2) is 6.14. The highest BCUT2D eigenvalue weighted by Crippen LogP contribution is 2.36. The normalized spacial score (nSPS) is 11.1. The molecule has 116 valence electrons. The van der Waals surface area contributed by atoms with Crippen molar-refractivity contribution in [2.45, 2.75) is 6.18 Å². The van der Waals surface area contributed by atoms with Crippen molar-refractivity contribution in [3.05, 3.63) is 41.1 Å². The van der Waals surface area contributed by atoms with Crippen LogP contribution in [0.4, 0.5) is 24.7 Å². The van der Waals surface area contributed by atoms with Gasteiger partial charge in [-0.15, -0.1) is 0 Å². The summed E-state index contributed by atoms with van der Waals surface area (Å²) in [6, 6.07) is 0.993. The first-order valence-corrected chi connectivity index (χ1v) is 6.23. The number of nitrogens with one attached hydrogen (secondary N) is 2.